The Morgan fingerprint density at radius 2 is 2.12 bits per heavy atom. The Labute approximate surface area is 98.1 Å². The Balaban J connectivity index is 2.12. The van der Waals surface area contributed by atoms with Crippen LogP contribution in [0.3, 0.4) is 0 Å². The van der Waals surface area contributed by atoms with E-state index in [9.17, 15) is 9.32 Å². The molecule has 4 heteroatoms. The monoisotopic (exact) mass is 239 g/mol. The number of hydrogen-bond acceptors (Lipinski definition) is 3. The highest BCUT2D eigenvalue weighted by molar-refractivity contribution is 7.85. The average molecular weight is 239 g/mol. The van der Waals surface area contributed by atoms with Gasteiger partial charge in [-0.25, -0.2) is 0 Å². The van der Waals surface area contributed by atoms with E-state index in [0.29, 0.717) is 0 Å². The summed E-state index contributed by atoms with van der Waals surface area (Å²) in [7, 11) is -1.14. The van der Waals surface area contributed by atoms with Crippen LogP contribution in [-0.4, -0.2) is 27.7 Å². The standard InChI is InChI=1S/C12H17NO2S/c13-7-11(14)8-16(15)12-5-4-9-2-1-3-10(9)6-12/h4-6,11,14H,1-3,7-8,13H2. The fourth-order valence-corrected chi connectivity index (χ4v) is 3.20. The lowest BCUT2D eigenvalue weighted by Crippen LogP contribution is -2.26. The molecule has 3 nitrogen and oxygen atoms in total. The van der Waals surface area contributed by atoms with E-state index in [0.717, 1.165) is 17.7 Å². The van der Waals surface area contributed by atoms with Crippen LogP contribution >= 0.6 is 0 Å². The zero-order chi connectivity index (χ0) is 11.5. The lowest BCUT2D eigenvalue weighted by Gasteiger charge is -2.08. The third-order valence-corrected chi connectivity index (χ3v) is 4.42. The van der Waals surface area contributed by atoms with Gasteiger partial charge in [0.25, 0.3) is 0 Å². The van der Waals surface area contributed by atoms with Crippen molar-refractivity contribution >= 4 is 10.8 Å². The van der Waals surface area contributed by atoms with E-state index in [2.05, 4.69) is 6.07 Å². The normalized spacial score (nSPS) is 18.1. The van der Waals surface area contributed by atoms with Gasteiger partial charge in [-0.15, -0.1) is 0 Å². The second-order valence-corrected chi connectivity index (χ2v) is 5.68. The first-order chi connectivity index (χ1) is 7.70. The highest BCUT2D eigenvalue weighted by Gasteiger charge is 2.14. The van der Waals surface area contributed by atoms with E-state index >= 15 is 0 Å². The molecule has 1 aliphatic carbocycles. The van der Waals surface area contributed by atoms with E-state index in [1.54, 1.807) is 0 Å². The summed E-state index contributed by atoms with van der Waals surface area (Å²) in [5.41, 5.74) is 7.99. The molecule has 88 valence electrons. The van der Waals surface area contributed by atoms with Crippen molar-refractivity contribution in [3.8, 4) is 0 Å². The van der Waals surface area contributed by atoms with Crippen molar-refractivity contribution in [2.24, 2.45) is 5.73 Å². The lowest BCUT2D eigenvalue weighted by molar-refractivity contribution is 0.207. The fourth-order valence-electron chi connectivity index (χ4n) is 2.03. The van der Waals surface area contributed by atoms with Gasteiger partial charge in [0, 0.05) is 11.4 Å². The van der Waals surface area contributed by atoms with Crippen LogP contribution in [0.2, 0.25) is 0 Å². The quantitative estimate of drug-likeness (QED) is 0.809. The van der Waals surface area contributed by atoms with Crippen molar-refractivity contribution in [3.05, 3.63) is 29.3 Å². The minimum Gasteiger partial charge on any atom is -0.391 e. The third-order valence-electron chi connectivity index (χ3n) is 2.95. The molecule has 0 fully saturated rings. The lowest BCUT2D eigenvalue weighted by atomic mass is 10.1. The summed E-state index contributed by atoms with van der Waals surface area (Å²) in [4.78, 5) is 0.813. The SMILES string of the molecule is NCC(O)CS(=O)c1ccc2c(c1)CCC2. The van der Waals surface area contributed by atoms with Gasteiger partial charge in [0.15, 0.2) is 0 Å². The van der Waals surface area contributed by atoms with Crippen LogP contribution < -0.4 is 5.73 Å². The van der Waals surface area contributed by atoms with E-state index in [1.807, 2.05) is 12.1 Å². The molecule has 0 aromatic heterocycles. The Bertz CT molecular complexity index is 406. The summed E-state index contributed by atoms with van der Waals surface area (Å²) in [6, 6.07) is 5.98. The van der Waals surface area contributed by atoms with Crippen molar-refractivity contribution in [3.63, 3.8) is 0 Å². The number of aliphatic hydroxyl groups excluding tert-OH is 1. The number of aliphatic hydroxyl groups is 1. The van der Waals surface area contributed by atoms with Gasteiger partial charge >= 0.3 is 0 Å². The van der Waals surface area contributed by atoms with Crippen LogP contribution in [0.5, 0.6) is 0 Å². The molecule has 1 aromatic carbocycles. The molecule has 3 N–H and O–H groups in total. The van der Waals surface area contributed by atoms with Gasteiger partial charge in [-0.3, -0.25) is 4.21 Å². The van der Waals surface area contributed by atoms with E-state index in [-0.39, 0.29) is 12.3 Å². The highest BCUT2D eigenvalue weighted by atomic mass is 32.2. The summed E-state index contributed by atoms with van der Waals surface area (Å²) in [5, 5.41) is 9.37. The van der Waals surface area contributed by atoms with Crippen molar-refractivity contribution < 1.29 is 9.32 Å². The molecule has 2 rings (SSSR count). The van der Waals surface area contributed by atoms with E-state index < -0.39 is 16.9 Å². The molecule has 0 saturated carbocycles. The van der Waals surface area contributed by atoms with Gasteiger partial charge in [-0.05, 0) is 42.5 Å². The van der Waals surface area contributed by atoms with Crippen LogP contribution in [0.4, 0.5) is 0 Å². The number of rotatable bonds is 4. The van der Waals surface area contributed by atoms with E-state index in [1.165, 1.54) is 17.5 Å². The number of benzene rings is 1. The average Bonchev–Trinajstić information content (AvgIpc) is 2.75. The predicted molar refractivity (Wildman–Crippen MR) is 64.8 cm³/mol. The molecule has 0 heterocycles. The number of aryl methyl sites for hydroxylation is 2. The highest BCUT2D eigenvalue weighted by Crippen LogP contribution is 2.24. The molecule has 2 unspecified atom stereocenters. The predicted octanol–water partition coefficient (Wildman–Crippen LogP) is 0.602. The first-order valence-electron chi connectivity index (χ1n) is 5.59. The summed E-state index contributed by atoms with van der Waals surface area (Å²) in [6.07, 6.45) is 2.73. The second kappa shape index (κ2) is 5.08. The number of nitrogens with two attached hydrogens (primary N) is 1. The molecular formula is C12H17NO2S. The van der Waals surface area contributed by atoms with Crippen molar-refractivity contribution in [2.45, 2.75) is 30.3 Å². The third kappa shape index (κ3) is 2.51. The molecule has 0 saturated heterocycles. The Morgan fingerprint density at radius 1 is 1.38 bits per heavy atom. The van der Waals surface area contributed by atoms with Crippen molar-refractivity contribution in [2.75, 3.05) is 12.3 Å². The molecule has 0 spiro atoms. The maximum atomic E-state index is 11.9. The van der Waals surface area contributed by atoms with E-state index in [4.69, 9.17) is 5.73 Å². The molecule has 0 radical (unpaired) electrons. The maximum Gasteiger partial charge on any atom is 0.0781 e. The van der Waals surface area contributed by atoms with Gasteiger partial charge in [0.05, 0.1) is 22.7 Å². The minimum absolute atomic E-state index is 0.163. The largest absolute Gasteiger partial charge is 0.391 e. The molecule has 2 atom stereocenters. The molecular weight excluding hydrogens is 222 g/mol. The van der Waals surface area contributed by atoms with Gasteiger partial charge in [0.2, 0.25) is 0 Å². The summed E-state index contributed by atoms with van der Waals surface area (Å²) in [6.45, 7) is 0.163. The van der Waals surface area contributed by atoms with Crippen molar-refractivity contribution in [1.29, 1.82) is 0 Å². The molecule has 16 heavy (non-hydrogen) atoms. The zero-order valence-corrected chi connectivity index (χ0v) is 10.0. The van der Waals surface area contributed by atoms with Gasteiger partial charge < -0.3 is 10.8 Å². The minimum atomic E-state index is -1.14. The summed E-state index contributed by atoms with van der Waals surface area (Å²) < 4.78 is 11.9. The first kappa shape index (κ1) is 11.8. The van der Waals surface area contributed by atoms with Crippen molar-refractivity contribution in [1.82, 2.24) is 0 Å². The van der Waals surface area contributed by atoms with Crippen LogP contribution in [0.15, 0.2) is 23.1 Å². The number of fused-ring (bicyclic) bond motifs is 1. The topological polar surface area (TPSA) is 63.3 Å². The second-order valence-electron chi connectivity index (χ2n) is 4.19. The summed E-state index contributed by atoms with van der Waals surface area (Å²) >= 11 is 0. The molecule has 0 bridgehead atoms. The smallest absolute Gasteiger partial charge is 0.0781 e. The van der Waals surface area contributed by atoms with Crippen LogP contribution in [0.25, 0.3) is 0 Å². The first-order valence-corrected chi connectivity index (χ1v) is 6.91. The molecule has 1 aromatic rings. The Morgan fingerprint density at radius 3 is 2.88 bits per heavy atom. The van der Waals surface area contributed by atoms with Gasteiger partial charge in [-0.2, -0.15) is 0 Å². The maximum absolute atomic E-state index is 11.9. The van der Waals surface area contributed by atoms with Crippen LogP contribution in [0, 0.1) is 0 Å². The van der Waals surface area contributed by atoms with Crippen LogP contribution in [0.1, 0.15) is 17.5 Å². The molecule has 0 aliphatic heterocycles. The fraction of sp³-hybridized carbons (Fsp3) is 0.500. The molecule has 0 amide bonds. The van der Waals surface area contributed by atoms with Crippen LogP contribution in [-0.2, 0) is 23.6 Å². The van der Waals surface area contributed by atoms with Gasteiger partial charge in [-0.1, -0.05) is 6.07 Å². The Hall–Kier alpha value is -0.710. The molecule has 1 aliphatic rings. The Kier molecular flexibility index (Phi) is 3.74. The summed E-state index contributed by atoms with van der Waals surface area (Å²) in [5.74, 6) is 0.231. The number of hydrogen-bond donors (Lipinski definition) is 2. The zero-order valence-electron chi connectivity index (χ0n) is 9.19. The van der Waals surface area contributed by atoms with Gasteiger partial charge in [0.1, 0.15) is 0 Å².